The molecule has 0 unspecified atom stereocenters. The molecule has 1 aromatic carbocycles. The number of amides is 1. The van der Waals surface area contributed by atoms with E-state index in [1.807, 2.05) is 0 Å². The highest BCUT2D eigenvalue weighted by atomic mass is 32.2. The number of nitrogens with one attached hydrogen (secondary N) is 2. The summed E-state index contributed by atoms with van der Waals surface area (Å²) in [5.41, 5.74) is 1.02. The van der Waals surface area contributed by atoms with Crippen molar-refractivity contribution in [3.8, 4) is 0 Å². The minimum absolute atomic E-state index is 0.0123. The number of benzene rings is 1. The van der Waals surface area contributed by atoms with Gasteiger partial charge in [-0.3, -0.25) is 9.59 Å². The summed E-state index contributed by atoms with van der Waals surface area (Å²) in [6, 6.07) is 7.27. The summed E-state index contributed by atoms with van der Waals surface area (Å²) in [5, 5.41) is 12.0. The van der Waals surface area contributed by atoms with Gasteiger partial charge in [-0.25, -0.2) is 23.1 Å². The number of carbonyl (C=O) groups excluding carboxylic acids is 1. The first-order valence-corrected chi connectivity index (χ1v) is 10.7. The first kappa shape index (κ1) is 20.7. The normalized spacial score (nSPS) is 19.3. The summed E-state index contributed by atoms with van der Waals surface area (Å²) < 4.78 is 27.2. The van der Waals surface area contributed by atoms with Crippen LogP contribution in [0.15, 0.2) is 41.4 Å². The van der Waals surface area contributed by atoms with Gasteiger partial charge in [-0.2, -0.15) is 0 Å². The maximum Gasteiger partial charge on any atom is 0.307 e. The maximum absolute atomic E-state index is 12.5. The smallest absolute Gasteiger partial charge is 0.307 e. The number of carboxylic acid groups (broad SMARTS) is 1. The fraction of sp³-hybridized carbons (Fsp3) is 0.368. The standard InChI is InChI=1S/C19H22N4O5S/c1-12-10-11-20-19(21-12)23-29(27,28)14-8-6-13(7-9-14)22-17(24)15-4-2-3-5-16(15)18(25)26/h6-11,15-16H,2-5H2,1H3,(H,22,24)(H,25,26)(H,20,21,23)/t15-,16+/m0/s1. The Labute approximate surface area is 168 Å². The lowest BCUT2D eigenvalue weighted by atomic mass is 9.78. The molecule has 0 radical (unpaired) electrons. The lowest BCUT2D eigenvalue weighted by molar-refractivity contribution is -0.147. The molecule has 29 heavy (non-hydrogen) atoms. The molecule has 9 nitrogen and oxygen atoms in total. The third kappa shape index (κ3) is 5.08. The summed E-state index contributed by atoms with van der Waals surface area (Å²) in [7, 11) is -3.88. The van der Waals surface area contributed by atoms with E-state index in [1.165, 1.54) is 30.5 Å². The van der Waals surface area contributed by atoms with E-state index in [4.69, 9.17) is 0 Å². The second kappa shape index (κ2) is 8.56. The van der Waals surface area contributed by atoms with Crippen molar-refractivity contribution >= 4 is 33.5 Å². The second-order valence-electron chi connectivity index (χ2n) is 6.98. The van der Waals surface area contributed by atoms with E-state index in [1.54, 1.807) is 13.0 Å². The molecule has 1 fully saturated rings. The molecular weight excluding hydrogens is 396 g/mol. The Bertz CT molecular complexity index is 1010. The van der Waals surface area contributed by atoms with Crippen molar-refractivity contribution in [2.45, 2.75) is 37.5 Å². The topological polar surface area (TPSA) is 138 Å². The van der Waals surface area contributed by atoms with Gasteiger partial charge in [-0.15, -0.1) is 0 Å². The number of carbonyl (C=O) groups is 2. The zero-order valence-corrected chi connectivity index (χ0v) is 16.6. The molecule has 0 spiro atoms. The van der Waals surface area contributed by atoms with Crippen molar-refractivity contribution in [1.82, 2.24) is 9.97 Å². The van der Waals surface area contributed by atoms with E-state index in [9.17, 15) is 23.1 Å². The first-order valence-electron chi connectivity index (χ1n) is 9.22. The summed E-state index contributed by atoms with van der Waals surface area (Å²) >= 11 is 0. The van der Waals surface area contributed by atoms with Gasteiger partial charge in [0.1, 0.15) is 0 Å². The van der Waals surface area contributed by atoms with Crippen molar-refractivity contribution in [2.75, 3.05) is 10.0 Å². The van der Waals surface area contributed by atoms with Gasteiger partial charge < -0.3 is 10.4 Å². The lowest BCUT2D eigenvalue weighted by Gasteiger charge is -2.27. The molecule has 1 aliphatic rings. The van der Waals surface area contributed by atoms with Crippen LogP contribution in [0.3, 0.4) is 0 Å². The van der Waals surface area contributed by atoms with Gasteiger partial charge in [-0.1, -0.05) is 12.8 Å². The molecule has 3 rings (SSSR count). The van der Waals surface area contributed by atoms with E-state index in [0.717, 1.165) is 12.8 Å². The number of carboxylic acids is 1. The molecule has 2 atom stereocenters. The van der Waals surface area contributed by atoms with Crippen LogP contribution in [0, 0.1) is 18.8 Å². The highest BCUT2D eigenvalue weighted by Crippen LogP contribution is 2.31. The molecule has 1 saturated carbocycles. The van der Waals surface area contributed by atoms with Crippen molar-refractivity contribution < 1.29 is 23.1 Å². The zero-order chi connectivity index (χ0) is 21.0. The summed E-state index contributed by atoms with van der Waals surface area (Å²) in [6.45, 7) is 1.72. The number of hydrogen-bond donors (Lipinski definition) is 3. The molecule has 1 aliphatic carbocycles. The quantitative estimate of drug-likeness (QED) is 0.655. The van der Waals surface area contributed by atoms with Crippen molar-refractivity contribution in [3.05, 3.63) is 42.2 Å². The third-order valence-corrected chi connectivity index (χ3v) is 6.22. The Morgan fingerprint density at radius 2 is 1.72 bits per heavy atom. The van der Waals surface area contributed by atoms with Crippen LogP contribution >= 0.6 is 0 Å². The largest absolute Gasteiger partial charge is 0.481 e. The lowest BCUT2D eigenvalue weighted by Crippen LogP contribution is -2.36. The van der Waals surface area contributed by atoms with E-state index >= 15 is 0 Å². The number of sulfonamides is 1. The van der Waals surface area contributed by atoms with Crippen LogP contribution in [0.2, 0.25) is 0 Å². The number of hydrogen-bond acceptors (Lipinski definition) is 6. The van der Waals surface area contributed by atoms with Gasteiger partial charge in [0.2, 0.25) is 11.9 Å². The Morgan fingerprint density at radius 3 is 2.34 bits per heavy atom. The van der Waals surface area contributed by atoms with Crippen LogP contribution in [0.1, 0.15) is 31.4 Å². The second-order valence-corrected chi connectivity index (χ2v) is 8.66. The van der Waals surface area contributed by atoms with Crippen LogP contribution in [0.5, 0.6) is 0 Å². The van der Waals surface area contributed by atoms with Gasteiger partial charge in [0.05, 0.1) is 16.7 Å². The molecule has 0 aliphatic heterocycles. The van der Waals surface area contributed by atoms with E-state index in [0.29, 0.717) is 24.2 Å². The molecule has 1 heterocycles. The van der Waals surface area contributed by atoms with Crippen molar-refractivity contribution in [3.63, 3.8) is 0 Å². The molecule has 2 aromatic rings. The fourth-order valence-electron chi connectivity index (χ4n) is 3.37. The Hall–Kier alpha value is -3.01. The van der Waals surface area contributed by atoms with Crippen LogP contribution in [-0.4, -0.2) is 35.4 Å². The van der Waals surface area contributed by atoms with Crippen LogP contribution in [0.25, 0.3) is 0 Å². The molecule has 0 saturated heterocycles. The summed E-state index contributed by atoms with van der Waals surface area (Å²) in [6.07, 6.45) is 4.07. The van der Waals surface area contributed by atoms with Crippen LogP contribution in [0.4, 0.5) is 11.6 Å². The molecule has 10 heteroatoms. The van der Waals surface area contributed by atoms with Crippen molar-refractivity contribution in [2.24, 2.45) is 11.8 Å². The van der Waals surface area contributed by atoms with Gasteiger partial charge in [0.25, 0.3) is 10.0 Å². The monoisotopic (exact) mass is 418 g/mol. The Balaban J connectivity index is 1.69. The predicted molar refractivity (Wildman–Crippen MR) is 106 cm³/mol. The molecule has 0 bridgehead atoms. The average Bonchev–Trinajstić information content (AvgIpc) is 2.68. The number of nitrogens with zero attached hydrogens (tertiary/aromatic N) is 2. The minimum Gasteiger partial charge on any atom is -0.481 e. The van der Waals surface area contributed by atoms with Gasteiger partial charge in [0.15, 0.2) is 0 Å². The number of rotatable bonds is 6. The number of aromatic nitrogens is 2. The number of aryl methyl sites for hydroxylation is 1. The molecule has 3 N–H and O–H groups in total. The summed E-state index contributed by atoms with van der Waals surface area (Å²) in [5.74, 6) is -2.64. The van der Waals surface area contributed by atoms with Gasteiger partial charge >= 0.3 is 5.97 Å². The average molecular weight is 418 g/mol. The maximum atomic E-state index is 12.5. The van der Waals surface area contributed by atoms with E-state index < -0.39 is 27.8 Å². The van der Waals surface area contributed by atoms with Gasteiger partial charge in [-0.05, 0) is 50.1 Å². The Kier molecular flexibility index (Phi) is 6.12. The third-order valence-electron chi connectivity index (χ3n) is 4.87. The number of anilines is 2. The molecule has 1 amide bonds. The van der Waals surface area contributed by atoms with Crippen molar-refractivity contribution in [1.29, 1.82) is 0 Å². The van der Waals surface area contributed by atoms with E-state index in [2.05, 4.69) is 20.0 Å². The number of aliphatic carboxylic acids is 1. The van der Waals surface area contributed by atoms with E-state index in [-0.39, 0.29) is 16.8 Å². The van der Waals surface area contributed by atoms with Crippen LogP contribution in [-0.2, 0) is 19.6 Å². The first-order chi connectivity index (χ1) is 13.8. The highest BCUT2D eigenvalue weighted by molar-refractivity contribution is 7.92. The zero-order valence-electron chi connectivity index (χ0n) is 15.8. The Morgan fingerprint density at radius 1 is 1.07 bits per heavy atom. The SMILES string of the molecule is Cc1ccnc(NS(=O)(=O)c2ccc(NC(=O)[C@H]3CCCC[C@H]3C(=O)O)cc2)n1. The highest BCUT2D eigenvalue weighted by Gasteiger charge is 2.35. The molecule has 154 valence electrons. The molecule has 1 aromatic heterocycles. The molecular formula is C19H22N4O5S. The predicted octanol–water partition coefficient (Wildman–Crippen LogP) is 2.42. The fourth-order valence-corrected chi connectivity index (χ4v) is 4.32. The minimum atomic E-state index is -3.88. The van der Waals surface area contributed by atoms with Gasteiger partial charge in [0, 0.05) is 17.6 Å². The van der Waals surface area contributed by atoms with Crippen LogP contribution < -0.4 is 10.0 Å². The summed E-state index contributed by atoms with van der Waals surface area (Å²) in [4.78, 5) is 31.8.